The Labute approximate surface area is 164 Å². The van der Waals surface area contributed by atoms with E-state index in [-0.39, 0.29) is 0 Å². The van der Waals surface area contributed by atoms with E-state index >= 15 is 0 Å². The van der Waals surface area contributed by atoms with E-state index in [2.05, 4.69) is 39.4 Å². The maximum atomic E-state index is 5.62. The van der Waals surface area contributed by atoms with Gasteiger partial charge in [-0.1, -0.05) is 30.3 Å². The molecule has 0 unspecified atom stereocenters. The Hall–Kier alpha value is -2.32. The second-order valence-corrected chi connectivity index (χ2v) is 7.62. The van der Waals surface area contributed by atoms with Crippen LogP contribution in [0.25, 0.3) is 0 Å². The van der Waals surface area contributed by atoms with E-state index in [1.165, 1.54) is 5.56 Å². The smallest absolute Gasteiger partial charge is 0.198 e. The molecule has 0 aliphatic carbocycles. The van der Waals surface area contributed by atoms with E-state index in [9.17, 15) is 0 Å². The molecule has 1 aliphatic rings. The number of nitrogens with zero attached hydrogens (tertiary/aromatic N) is 7. The van der Waals surface area contributed by atoms with Crippen molar-refractivity contribution in [1.29, 1.82) is 0 Å². The van der Waals surface area contributed by atoms with Crippen molar-refractivity contribution in [2.45, 2.75) is 31.8 Å². The lowest BCUT2D eigenvalue weighted by Gasteiger charge is -2.30. The fourth-order valence-electron chi connectivity index (χ4n) is 3.74. The largest absolute Gasteiger partial charge is 0.320 e. The van der Waals surface area contributed by atoms with Crippen molar-refractivity contribution >= 4 is 12.2 Å². The summed E-state index contributed by atoms with van der Waals surface area (Å²) in [4.78, 5) is 2.42. The summed E-state index contributed by atoms with van der Waals surface area (Å²) in [6.45, 7) is 2.78. The highest BCUT2D eigenvalue weighted by molar-refractivity contribution is 7.71. The van der Waals surface area contributed by atoms with Crippen LogP contribution >= 0.6 is 12.2 Å². The fraction of sp³-hybridized carbons (Fsp3) is 0.474. The Balaban J connectivity index is 1.41. The molecule has 4 rings (SSSR count). The standard InChI is InChI=1S/C19H25N7S/c1-23-13-20-21-18(23)16-8-10-25(11-9-16)14-26-19(27)24(2)17(22-26)12-15-6-4-3-5-7-15/h3-7,13,16H,8-12,14H2,1-2H3. The first kappa shape index (κ1) is 18.1. The van der Waals surface area contributed by atoms with Gasteiger partial charge in [-0.05, 0) is 30.6 Å². The molecule has 0 saturated carbocycles. The molecule has 0 N–H and O–H groups in total. The third-order valence-corrected chi connectivity index (χ3v) is 5.85. The fourth-order valence-corrected chi connectivity index (χ4v) is 3.94. The molecule has 7 nitrogen and oxygen atoms in total. The van der Waals surface area contributed by atoms with Gasteiger partial charge in [0.1, 0.15) is 18.0 Å². The van der Waals surface area contributed by atoms with Crippen molar-refractivity contribution in [3.8, 4) is 0 Å². The number of aryl methyl sites for hydroxylation is 1. The van der Waals surface area contributed by atoms with Crippen molar-refractivity contribution in [1.82, 2.24) is 34.0 Å². The monoisotopic (exact) mass is 383 g/mol. The number of hydrogen-bond acceptors (Lipinski definition) is 5. The minimum atomic E-state index is 0.485. The number of aromatic nitrogens is 6. The molecule has 0 amide bonds. The molecule has 27 heavy (non-hydrogen) atoms. The molecule has 8 heteroatoms. The van der Waals surface area contributed by atoms with Crippen LogP contribution in [-0.2, 0) is 27.2 Å². The highest BCUT2D eigenvalue weighted by Crippen LogP contribution is 2.26. The molecule has 3 heterocycles. The lowest BCUT2D eigenvalue weighted by atomic mass is 9.96. The van der Waals surface area contributed by atoms with Gasteiger partial charge >= 0.3 is 0 Å². The van der Waals surface area contributed by atoms with Gasteiger partial charge in [0.05, 0.1) is 6.67 Å². The van der Waals surface area contributed by atoms with Crippen LogP contribution in [0, 0.1) is 4.77 Å². The minimum Gasteiger partial charge on any atom is -0.320 e. The Kier molecular flexibility index (Phi) is 5.18. The summed E-state index contributed by atoms with van der Waals surface area (Å²) in [6, 6.07) is 10.4. The molecule has 0 atom stereocenters. The van der Waals surface area contributed by atoms with Crippen LogP contribution in [0.5, 0.6) is 0 Å². The Bertz CT molecular complexity index is 948. The maximum Gasteiger partial charge on any atom is 0.198 e. The molecule has 3 aromatic rings. The first-order valence-electron chi connectivity index (χ1n) is 9.34. The Morgan fingerprint density at radius 3 is 2.52 bits per heavy atom. The molecule has 0 bridgehead atoms. The average molecular weight is 384 g/mol. The van der Waals surface area contributed by atoms with Crippen LogP contribution in [0.2, 0.25) is 0 Å². The van der Waals surface area contributed by atoms with Crippen molar-refractivity contribution < 1.29 is 0 Å². The van der Waals surface area contributed by atoms with Gasteiger partial charge < -0.3 is 9.13 Å². The van der Waals surface area contributed by atoms with Crippen LogP contribution in [0.15, 0.2) is 36.7 Å². The van der Waals surface area contributed by atoms with E-state index in [0.29, 0.717) is 5.92 Å². The van der Waals surface area contributed by atoms with Gasteiger partial charge in [-0.15, -0.1) is 10.2 Å². The van der Waals surface area contributed by atoms with E-state index in [1.807, 2.05) is 34.0 Å². The van der Waals surface area contributed by atoms with Gasteiger partial charge in [0.25, 0.3) is 0 Å². The number of benzene rings is 1. The topological polar surface area (TPSA) is 56.7 Å². The molecule has 1 aliphatic heterocycles. The van der Waals surface area contributed by atoms with Crippen LogP contribution in [0.3, 0.4) is 0 Å². The highest BCUT2D eigenvalue weighted by atomic mass is 32.1. The van der Waals surface area contributed by atoms with E-state index in [0.717, 1.165) is 55.4 Å². The SMILES string of the molecule is Cn1cnnc1C1CCN(Cn2nc(Cc3ccccc3)n(C)c2=S)CC1. The second kappa shape index (κ2) is 7.74. The zero-order chi connectivity index (χ0) is 18.8. The highest BCUT2D eigenvalue weighted by Gasteiger charge is 2.24. The van der Waals surface area contributed by atoms with E-state index in [1.54, 1.807) is 6.33 Å². The molecule has 1 fully saturated rings. The summed E-state index contributed by atoms with van der Waals surface area (Å²) in [5.41, 5.74) is 1.25. The Morgan fingerprint density at radius 1 is 1.11 bits per heavy atom. The summed E-state index contributed by atoms with van der Waals surface area (Å²) in [5, 5.41) is 13.1. The zero-order valence-corrected chi connectivity index (χ0v) is 16.6. The third-order valence-electron chi connectivity index (χ3n) is 5.37. The quantitative estimate of drug-likeness (QED) is 0.634. The van der Waals surface area contributed by atoms with Crippen LogP contribution in [0.4, 0.5) is 0 Å². The molecule has 0 radical (unpaired) electrons. The average Bonchev–Trinajstić information content (AvgIpc) is 3.22. The van der Waals surface area contributed by atoms with Gasteiger partial charge in [0, 0.05) is 39.5 Å². The van der Waals surface area contributed by atoms with Gasteiger partial charge in [-0.25, -0.2) is 4.68 Å². The summed E-state index contributed by atoms with van der Waals surface area (Å²) in [6.07, 6.45) is 4.75. The predicted octanol–water partition coefficient (Wildman–Crippen LogP) is 2.51. The first-order chi connectivity index (χ1) is 13.1. The number of hydrogen-bond donors (Lipinski definition) is 0. The van der Waals surface area contributed by atoms with Crippen LogP contribution in [0.1, 0.15) is 36.0 Å². The number of rotatable bonds is 5. The third kappa shape index (κ3) is 3.86. The van der Waals surface area contributed by atoms with Gasteiger partial charge in [-0.2, -0.15) is 5.10 Å². The molecular formula is C19H25N7S. The van der Waals surface area contributed by atoms with Crippen LogP contribution < -0.4 is 0 Å². The summed E-state index contributed by atoms with van der Waals surface area (Å²) >= 11 is 5.62. The summed E-state index contributed by atoms with van der Waals surface area (Å²) in [5.74, 6) is 2.58. The molecule has 142 valence electrons. The summed E-state index contributed by atoms with van der Waals surface area (Å²) in [7, 11) is 4.02. The lowest BCUT2D eigenvalue weighted by molar-refractivity contribution is 0.157. The first-order valence-corrected chi connectivity index (χ1v) is 9.75. The molecular weight excluding hydrogens is 358 g/mol. The van der Waals surface area contributed by atoms with E-state index in [4.69, 9.17) is 17.3 Å². The maximum absolute atomic E-state index is 5.62. The molecule has 1 aromatic carbocycles. The number of piperidine rings is 1. The molecule has 1 saturated heterocycles. The second-order valence-electron chi connectivity index (χ2n) is 7.25. The summed E-state index contributed by atoms with van der Waals surface area (Å²) < 4.78 is 6.78. The van der Waals surface area contributed by atoms with Crippen LogP contribution in [-0.4, -0.2) is 47.1 Å². The van der Waals surface area contributed by atoms with Crippen molar-refractivity contribution in [2.75, 3.05) is 13.1 Å². The molecule has 2 aromatic heterocycles. The predicted molar refractivity (Wildman–Crippen MR) is 106 cm³/mol. The zero-order valence-electron chi connectivity index (χ0n) is 15.8. The van der Waals surface area contributed by atoms with Crippen molar-refractivity contribution in [3.05, 3.63) is 58.6 Å². The van der Waals surface area contributed by atoms with Crippen molar-refractivity contribution in [3.63, 3.8) is 0 Å². The number of likely N-dealkylation sites (tertiary alicyclic amines) is 1. The normalized spacial score (nSPS) is 16.1. The van der Waals surface area contributed by atoms with Crippen molar-refractivity contribution in [2.24, 2.45) is 14.1 Å². The Morgan fingerprint density at radius 2 is 1.85 bits per heavy atom. The van der Waals surface area contributed by atoms with Gasteiger partial charge in [0.15, 0.2) is 4.77 Å². The van der Waals surface area contributed by atoms with Gasteiger partial charge in [0.2, 0.25) is 0 Å². The minimum absolute atomic E-state index is 0.485. The molecule has 0 spiro atoms. The van der Waals surface area contributed by atoms with E-state index < -0.39 is 0 Å². The van der Waals surface area contributed by atoms with Gasteiger partial charge in [-0.3, -0.25) is 4.90 Å². The lowest BCUT2D eigenvalue weighted by Crippen LogP contribution is -2.35.